The molecule has 158 valence electrons. The number of Topliss-reactive ketones (excluding diaryl/α,β-unsaturated/α-hetero) is 1. The molecule has 0 bridgehead atoms. The zero-order valence-corrected chi connectivity index (χ0v) is 16.0. The van der Waals surface area contributed by atoms with Crippen molar-refractivity contribution >= 4 is 28.3 Å². The maximum Gasteiger partial charge on any atom is 0.416 e. The van der Waals surface area contributed by atoms with Crippen LogP contribution in [0, 0.1) is 0 Å². The summed E-state index contributed by atoms with van der Waals surface area (Å²) in [7, 11) is 0. The van der Waals surface area contributed by atoms with Gasteiger partial charge in [-0.15, -0.1) is 11.8 Å². The molecule has 1 N–H and O–H groups in total. The number of alkyl halides is 6. The first kappa shape index (κ1) is 21.9. The lowest BCUT2D eigenvalue weighted by atomic mass is 10.0. The number of ketones is 1. The molecule has 0 unspecified atom stereocenters. The minimum absolute atomic E-state index is 0.0136. The van der Waals surface area contributed by atoms with E-state index in [9.17, 15) is 36.2 Å². The maximum absolute atomic E-state index is 13.0. The highest BCUT2D eigenvalue weighted by Crippen LogP contribution is 2.37. The van der Waals surface area contributed by atoms with Gasteiger partial charge in [-0.2, -0.15) is 26.3 Å². The third kappa shape index (κ3) is 4.23. The summed E-state index contributed by atoms with van der Waals surface area (Å²) in [4.78, 5) is 16.6. The topological polar surface area (TPSA) is 49.7 Å². The zero-order valence-electron chi connectivity index (χ0n) is 15.2. The summed E-state index contributed by atoms with van der Waals surface area (Å²) in [6, 6.07) is 7.43. The van der Waals surface area contributed by atoms with Gasteiger partial charge in [0, 0.05) is 11.1 Å². The molecule has 0 spiro atoms. The fourth-order valence-corrected chi connectivity index (χ4v) is 3.57. The molecule has 0 atom stereocenters. The van der Waals surface area contributed by atoms with Crippen LogP contribution in [0.5, 0.6) is 0 Å². The number of rotatable bonds is 3. The third-order valence-electron chi connectivity index (χ3n) is 4.35. The lowest BCUT2D eigenvalue weighted by molar-refractivity contribution is -0.143. The molecule has 0 aromatic heterocycles. The van der Waals surface area contributed by atoms with Crippen LogP contribution < -0.4 is 0 Å². The molecule has 10 heteroatoms. The molecule has 2 aromatic carbocycles. The monoisotopic (exact) mass is 445 g/mol. The van der Waals surface area contributed by atoms with Crippen LogP contribution in [0.25, 0.3) is 5.76 Å². The quantitative estimate of drug-likeness (QED) is 0.350. The predicted molar refractivity (Wildman–Crippen MR) is 101 cm³/mol. The molecular weight excluding hydrogens is 432 g/mol. The Labute approximate surface area is 171 Å². The lowest BCUT2D eigenvalue weighted by Gasteiger charge is -2.14. The van der Waals surface area contributed by atoms with E-state index in [1.54, 1.807) is 12.1 Å². The molecule has 0 heterocycles. The predicted octanol–water partition coefficient (Wildman–Crippen LogP) is 6.15. The third-order valence-corrected chi connectivity index (χ3v) is 5.07. The van der Waals surface area contributed by atoms with Gasteiger partial charge in [-0.25, -0.2) is 0 Å². The van der Waals surface area contributed by atoms with E-state index in [4.69, 9.17) is 0 Å². The number of thioether (sulfide) groups is 1. The molecule has 30 heavy (non-hydrogen) atoms. The van der Waals surface area contributed by atoms with E-state index in [1.807, 2.05) is 0 Å². The van der Waals surface area contributed by atoms with E-state index in [0.717, 1.165) is 11.8 Å². The largest absolute Gasteiger partial charge is 0.506 e. The Hall–Kier alpha value is -2.75. The molecule has 0 saturated carbocycles. The highest BCUT2D eigenvalue weighted by Gasteiger charge is 2.37. The summed E-state index contributed by atoms with van der Waals surface area (Å²) in [5.41, 5.74) is -2.82. The first-order chi connectivity index (χ1) is 13.9. The van der Waals surface area contributed by atoms with Crippen molar-refractivity contribution in [3.8, 4) is 0 Å². The standard InChI is InChI=1S/C20H13F6NO2S/c1-30-18(15-16(28)13-4-2-3-5-14(13)17(15)29)27-9-10-6-11(19(21,22)23)8-12(7-10)20(24,25)26/h2-8,28H,9H2,1H3. The van der Waals surface area contributed by atoms with Crippen molar-refractivity contribution in [2.24, 2.45) is 4.99 Å². The fourth-order valence-electron chi connectivity index (χ4n) is 2.98. The van der Waals surface area contributed by atoms with Crippen LogP contribution in [0.3, 0.4) is 0 Å². The number of hydrogen-bond acceptors (Lipinski definition) is 4. The number of halogens is 6. The Balaban J connectivity index is 2.00. The van der Waals surface area contributed by atoms with Crippen molar-refractivity contribution in [3.63, 3.8) is 0 Å². The van der Waals surface area contributed by atoms with Gasteiger partial charge in [0.05, 0.1) is 23.2 Å². The highest BCUT2D eigenvalue weighted by molar-refractivity contribution is 8.14. The molecule has 0 amide bonds. The molecule has 2 aromatic rings. The van der Waals surface area contributed by atoms with E-state index in [0.29, 0.717) is 12.1 Å². The van der Waals surface area contributed by atoms with Crippen molar-refractivity contribution in [1.82, 2.24) is 0 Å². The van der Waals surface area contributed by atoms with Gasteiger partial charge in [-0.05, 0) is 30.0 Å². The number of fused-ring (bicyclic) bond motifs is 1. The Morgan fingerprint density at radius 1 is 0.967 bits per heavy atom. The normalized spacial score (nSPS) is 15.0. The summed E-state index contributed by atoms with van der Waals surface area (Å²) in [6.07, 6.45) is -8.40. The molecule has 0 aliphatic heterocycles. The minimum atomic E-state index is -4.97. The Morgan fingerprint density at radius 3 is 1.97 bits per heavy atom. The van der Waals surface area contributed by atoms with Crippen molar-refractivity contribution < 1.29 is 36.2 Å². The second kappa shape index (κ2) is 7.82. The van der Waals surface area contributed by atoms with Crippen LogP contribution in [0.4, 0.5) is 26.3 Å². The SMILES string of the molecule is CSC(=NCc1cc(C(F)(F)F)cc(C(F)(F)F)c1)C1=C(O)c2ccccc2C1=O. The van der Waals surface area contributed by atoms with Gasteiger partial charge in [0.25, 0.3) is 0 Å². The summed E-state index contributed by atoms with van der Waals surface area (Å²) < 4.78 is 78.1. The van der Waals surface area contributed by atoms with Crippen LogP contribution in [0.2, 0.25) is 0 Å². The molecule has 0 radical (unpaired) electrons. The summed E-state index contributed by atoms with van der Waals surface area (Å²) >= 11 is 0.951. The number of hydrogen-bond donors (Lipinski definition) is 1. The molecule has 1 aliphatic rings. The van der Waals surface area contributed by atoms with Crippen LogP contribution in [0.15, 0.2) is 53.0 Å². The minimum Gasteiger partial charge on any atom is -0.506 e. The molecule has 0 saturated heterocycles. The van der Waals surface area contributed by atoms with Crippen molar-refractivity contribution in [2.75, 3.05) is 6.26 Å². The summed E-state index contributed by atoms with van der Waals surface area (Å²) in [5.74, 6) is -0.847. The second-order valence-corrected chi connectivity index (χ2v) is 7.13. The van der Waals surface area contributed by atoms with Gasteiger partial charge in [-0.1, -0.05) is 24.3 Å². The van der Waals surface area contributed by atoms with Crippen molar-refractivity contribution in [1.29, 1.82) is 0 Å². The van der Waals surface area contributed by atoms with E-state index in [1.165, 1.54) is 18.4 Å². The van der Waals surface area contributed by atoms with E-state index < -0.39 is 35.8 Å². The van der Waals surface area contributed by atoms with Crippen LogP contribution in [-0.4, -0.2) is 22.2 Å². The van der Waals surface area contributed by atoms with Gasteiger partial charge in [0.1, 0.15) is 10.8 Å². The number of aliphatic hydroxyl groups is 1. The first-order valence-electron chi connectivity index (χ1n) is 8.38. The molecule has 3 rings (SSSR count). The van der Waals surface area contributed by atoms with E-state index in [2.05, 4.69) is 4.99 Å². The number of carbonyl (C=O) groups is 1. The van der Waals surface area contributed by atoms with Crippen LogP contribution >= 0.6 is 11.8 Å². The Kier molecular flexibility index (Phi) is 5.72. The number of aliphatic hydroxyl groups excluding tert-OH is 1. The zero-order chi connectivity index (χ0) is 22.3. The average Bonchev–Trinajstić information content (AvgIpc) is 2.92. The Bertz CT molecular complexity index is 1040. The van der Waals surface area contributed by atoms with Gasteiger partial charge in [0.15, 0.2) is 5.78 Å². The smallest absolute Gasteiger partial charge is 0.416 e. The number of carbonyl (C=O) groups excluding carboxylic acids is 1. The molecule has 3 nitrogen and oxygen atoms in total. The fraction of sp³-hybridized carbons (Fsp3) is 0.200. The first-order valence-corrected chi connectivity index (χ1v) is 9.60. The highest BCUT2D eigenvalue weighted by atomic mass is 32.2. The number of aliphatic imine (C=N–C) groups is 1. The van der Waals surface area contributed by atoms with Crippen LogP contribution in [-0.2, 0) is 18.9 Å². The maximum atomic E-state index is 13.0. The van der Waals surface area contributed by atoms with Gasteiger partial charge in [0.2, 0.25) is 0 Å². The molecule has 0 fully saturated rings. The number of benzene rings is 2. The summed E-state index contributed by atoms with van der Waals surface area (Å²) in [5, 5.41) is 10.4. The van der Waals surface area contributed by atoms with Crippen molar-refractivity contribution in [3.05, 3.63) is 75.9 Å². The second-order valence-electron chi connectivity index (χ2n) is 6.34. The van der Waals surface area contributed by atoms with Crippen LogP contribution in [0.1, 0.15) is 32.6 Å². The van der Waals surface area contributed by atoms with Crippen molar-refractivity contribution in [2.45, 2.75) is 18.9 Å². The lowest BCUT2D eigenvalue weighted by Crippen LogP contribution is -2.12. The van der Waals surface area contributed by atoms with E-state index in [-0.39, 0.29) is 39.1 Å². The Morgan fingerprint density at radius 2 is 1.50 bits per heavy atom. The summed E-state index contributed by atoms with van der Waals surface area (Å²) in [6.45, 7) is -0.538. The number of nitrogens with zero attached hydrogens (tertiary/aromatic N) is 1. The molecule has 1 aliphatic carbocycles. The van der Waals surface area contributed by atoms with Gasteiger partial charge in [-0.3, -0.25) is 9.79 Å². The van der Waals surface area contributed by atoms with Gasteiger partial charge >= 0.3 is 12.4 Å². The van der Waals surface area contributed by atoms with E-state index >= 15 is 0 Å². The average molecular weight is 445 g/mol. The van der Waals surface area contributed by atoms with Gasteiger partial charge < -0.3 is 5.11 Å². The molecular formula is C20H13F6NO2S.